The van der Waals surface area contributed by atoms with Gasteiger partial charge < -0.3 is 19.3 Å². The van der Waals surface area contributed by atoms with E-state index >= 15 is 0 Å². The lowest BCUT2D eigenvalue weighted by atomic mass is 10.2. The Hall–Kier alpha value is -1.10. The molecule has 1 N–H and O–H groups in total. The molecule has 4 nitrogen and oxygen atoms in total. The molecule has 0 spiro atoms. The van der Waals surface area contributed by atoms with Gasteiger partial charge in [-0.05, 0) is 31.4 Å². The largest absolute Gasteiger partial charge is 0.494 e. The van der Waals surface area contributed by atoms with E-state index in [1.54, 1.807) is 7.11 Å². The standard InChI is InChI=1S/C21H36O4/c1-3-4-5-6-10-17-24-20-14-12-19(13-15-20)21(22)25-18-11-8-7-9-16-23-2/h12-15,21-22H,3-11,16-18H2,1-2H3. The third-order valence-electron chi connectivity index (χ3n) is 4.20. The van der Waals surface area contributed by atoms with Crippen LogP contribution in [0.4, 0.5) is 0 Å². The minimum atomic E-state index is -0.859. The van der Waals surface area contributed by atoms with Crippen molar-refractivity contribution in [2.24, 2.45) is 0 Å². The predicted octanol–water partition coefficient (Wildman–Crippen LogP) is 5.25. The fraction of sp³-hybridized carbons (Fsp3) is 0.714. The van der Waals surface area contributed by atoms with Crippen molar-refractivity contribution in [2.75, 3.05) is 26.9 Å². The van der Waals surface area contributed by atoms with Crippen LogP contribution in [-0.2, 0) is 9.47 Å². The highest BCUT2D eigenvalue weighted by Gasteiger charge is 2.07. The number of hydrogen-bond acceptors (Lipinski definition) is 4. The molecule has 1 aromatic carbocycles. The summed E-state index contributed by atoms with van der Waals surface area (Å²) in [6.45, 7) is 4.37. The topological polar surface area (TPSA) is 47.9 Å². The maximum atomic E-state index is 10.1. The van der Waals surface area contributed by atoms with Gasteiger partial charge in [0, 0.05) is 19.3 Å². The Morgan fingerprint density at radius 2 is 1.40 bits per heavy atom. The maximum Gasteiger partial charge on any atom is 0.181 e. The lowest BCUT2D eigenvalue weighted by Gasteiger charge is -2.13. The molecule has 0 heterocycles. The van der Waals surface area contributed by atoms with Crippen molar-refractivity contribution < 1.29 is 19.3 Å². The molecule has 0 aliphatic carbocycles. The van der Waals surface area contributed by atoms with Crippen molar-refractivity contribution >= 4 is 0 Å². The van der Waals surface area contributed by atoms with Gasteiger partial charge in [0.2, 0.25) is 0 Å². The highest BCUT2D eigenvalue weighted by Crippen LogP contribution is 2.19. The molecule has 144 valence electrons. The van der Waals surface area contributed by atoms with Gasteiger partial charge in [-0.2, -0.15) is 0 Å². The Labute approximate surface area is 153 Å². The molecule has 0 bridgehead atoms. The molecule has 1 atom stereocenters. The molecule has 0 aliphatic heterocycles. The number of methoxy groups -OCH3 is 1. The van der Waals surface area contributed by atoms with Crippen LogP contribution < -0.4 is 4.74 Å². The quantitative estimate of drug-likeness (QED) is 0.326. The number of aliphatic hydroxyl groups excluding tert-OH is 1. The molecule has 25 heavy (non-hydrogen) atoms. The second-order valence-corrected chi connectivity index (χ2v) is 6.46. The van der Waals surface area contributed by atoms with Crippen molar-refractivity contribution in [2.45, 2.75) is 71.0 Å². The summed E-state index contributed by atoms with van der Waals surface area (Å²) >= 11 is 0. The predicted molar refractivity (Wildman–Crippen MR) is 102 cm³/mol. The molecule has 0 saturated heterocycles. The molecule has 0 radical (unpaired) electrons. The molecule has 1 rings (SSSR count). The number of unbranched alkanes of at least 4 members (excludes halogenated alkanes) is 7. The number of hydrogen-bond donors (Lipinski definition) is 1. The van der Waals surface area contributed by atoms with Crippen LogP contribution >= 0.6 is 0 Å². The van der Waals surface area contributed by atoms with E-state index in [2.05, 4.69) is 6.92 Å². The molecular weight excluding hydrogens is 316 g/mol. The monoisotopic (exact) mass is 352 g/mol. The van der Waals surface area contributed by atoms with E-state index in [-0.39, 0.29) is 0 Å². The average molecular weight is 353 g/mol. The van der Waals surface area contributed by atoms with Crippen LogP contribution in [0, 0.1) is 0 Å². The smallest absolute Gasteiger partial charge is 0.181 e. The summed E-state index contributed by atoms with van der Waals surface area (Å²) in [7, 11) is 1.73. The third kappa shape index (κ3) is 11.2. The van der Waals surface area contributed by atoms with Crippen LogP contribution in [0.3, 0.4) is 0 Å². The molecule has 4 heteroatoms. The second-order valence-electron chi connectivity index (χ2n) is 6.46. The van der Waals surface area contributed by atoms with Gasteiger partial charge in [0.1, 0.15) is 5.75 Å². The summed E-state index contributed by atoms with van der Waals surface area (Å²) in [5.74, 6) is 0.851. The van der Waals surface area contributed by atoms with Crippen LogP contribution in [0.25, 0.3) is 0 Å². The zero-order chi connectivity index (χ0) is 18.2. The van der Waals surface area contributed by atoms with E-state index < -0.39 is 6.29 Å². The van der Waals surface area contributed by atoms with Gasteiger partial charge in [0.25, 0.3) is 0 Å². The van der Waals surface area contributed by atoms with Crippen molar-refractivity contribution in [3.05, 3.63) is 29.8 Å². The van der Waals surface area contributed by atoms with Crippen LogP contribution in [0.2, 0.25) is 0 Å². The van der Waals surface area contributed by atoms with E-state index in [1.807, 2.05) is 24.3 Å². The van der Waals surface area contributed by atoms with Gasteiger partial charge in [-0.1, -0.05) is 57.6 Å². The fourth-order valence-electron chi connectivity index (χ4n) is 2.62. The van der Waals surface area contributed by atoms with E-state index in [4.69, 9.17) is 14.2 Å². The molecule has 0 aromatic heterocycles. The normalized spacial score (nSPS) is 12.3. The van der Waals surface area contributed by atoms with E-state index in [9.17, 15) is 5.11 Å². The van der Waals surface area contributed by atoms with Crippen LogP contribution in [-0.4, -0.2) is 32.0 Å². The van der Waals surface area contributed by atoms with Crippen molar-refractivity contribution in [3.63, 3.8) is 0 Å². The average Bonchev–Trinajstić information content (AvgIpc) is 2.64. The lowest BCUT2D eigenvalue weighted by Crippen LogP contribution is -2.05. The summed E-state index contributed by atoms with van der Waals surface area (Å²) in [6, 6.07) is 7.54. The van der Waals surface area contributed by atoms with Gasteiger partial charge in [0.15, 0.2) is 6.29 Å². The number of ether oxygens (including phenoxy) is 3. The summed E-state index contributed by atoms with van der Waals surface area (Å²) < 4.78 is 16.2. The number of aliphatic hydroxyl groups is 1. The SMILES string of the molecule is CCCCCCCOc1ccc(C(O)OCCCCCCOC)cc1. The summed E-state index contributed by atoms with van der Waals surface area (Å²) in [4.78, 5) is 0. The zero-order valence-electron chi connectivity index (χ0n) is 16.0. The van der Waals surface area contributed by atoms with Crippen molar-refractivity contribution in [1.82, 2.24) is 0 Å². The second kappa shape index (κ2) is 15.2. The van der Waals surface area contributed by atoms with Crippen LogP contribution in [0.5, 0.6) is 5.75 Å². The van der Waals surface area contributed by atoms with E-state index in [1.165, 1.54) is 25.7 Å². The lowest BCUT2D eigenvalue weighted by molar-refractivity contribution is -0.104. The fourth-order valence-corrected chi connectivity index (χ4v) is 2.62. The first kappa shape index (κ1) is 21.9. The van der Waals surface area contributed by atoms with Crippen molar-refractivity contribution in [1.29, 1.82) is 0 Å². The van der Waals surface area contributed by atoms with E-state index in [0.717, 1.165) is 56.6 Å². The highest BCUT2D eigenvalue weighted by atomic mass is 16.6. The highest BCUT2D eigenvalue weighted by molar-refractivity contribution is 5.27. The van der Waals surface area contributed by atoms with Gasteiger partial charge in [-0.3, -0.25) is 0 Å². The Morgan fingerprint density at radius 1 is 0.800 bits per heavy atom. The minimum Gasteiger partial charge on any atom is -0.494 e. The van der Waals surface area contributed by atoms with Crippen molar-refractivity contribution in [3.8, 4) is 5.75 Å². The Balaban J connectivity index is 2.13. The Kier molecular flexibility index (Phi) is 13.3. The number of benzene rings is 1. The van der Waals surface area contributed by atoms with Gasteiger partial charge in [0.05, 0.1) is 13.2 Å². The molecule has 1 unspecified atom stereocenters. The first-order valence-electron chi connectivity index (χ1n) is 9.79. The zero-order valence-corrected chi connectivity index (χ0v) is 16.0. The summed E-state index contributed by atoms with van der Waals surface area (Å²) in [5, 5.41) is 10.1. The first-order valence-corrected chi connectivity index (χ1v) is 9.79. The molecule has 0 amide bonds. The summed E-state index contributed by atoms with van der Waals surface area (Å²) in [6.07, 6.45) is 9.59. The van der Waals surface area contributed by atoms with E-state index in [0.29, 0.717) is 6.61 Å². The molecule has 0 aliphatic rings. The molecule has 0 saturated carbocycles. The van der Waals surface area contributed by atoms with Crippen LogP contribution in [0.1, 0.15) is 76.6 Å². The molecule has 1 aromatic rings. The first-order chi connectivity index (χ1) is 12.3. The summed E-state index contributed by atoms with van der Waals surface area (Å²) in [5.41, 5.74) is 0.773. The van der Waals surface area contributed by atoms with Crippen LogP contribution in [0.15, 0.2) is 24.3 Å². The molecule has 0 fully saturated rings. The van der Waals surface area contributed by atoms with Gasteiger partial charge in [-0.15, -0.1) is 0 Å². The Morgan fingerprint density at radius 3 is 2.04 bits per heavy atom. The van der Waals surface area contributed by atoms with Gasteiger partial charge >= 0.3 is 0 Å². The minimum absolute atomic E-state index is 0.574. The maximum absolute atomic E-state index is 10.1. The third-order valence-corrected chi connectivity index (χ3v) is 4.20. The Bertz CT molecular complexity index is 405. The molecular formula is C21H36O4. The number of rotatable bonds is 16. The van der Waals surface area contributed by atoms with Gasteiger partial charge in [-0.25, -0.2) is 0 Å².